The first kappa shape index (κ1) is 22.0. The summed E-state index contributed by atoms with van der Waals surface area (Å²) >= 11 is 0. The van der Waals surface area contributed by atoms with Crippen LogP contribution in [-0.4, -0.2) is 45.8 Å². The van der Waals surface area contributed by atoms with Gasteiger partial charge >= 0.3 is 6.30 Å². The quantitative estimate of drug-likeness (QED) is 0.396. The van der Waals surface area contributed by atoms with E-state index in [0.29, 0.717) is 35.5 Å². The lowest BCUT2D eigenvalue weighted by atomic mass is 10.0. The van der Waals surface area contributed by atoms with Crippen molar-refractivity contribution in [1.29, 1.82) is 0 Å². The van der Waals surface area contributed by atoms with E-state index in [-0.39, 0.29) is 27.5 Å². The molecule has 3 heterocycles. The predicted octanol–water partition coefficient (Wildman–Crippen LogP) is 5.47. The van der Waals surface area contributed by atoms with Crippen molar-refractivity contribution in [3.8, 4) is 28.5 Å². The number of fused-ring (bicyclic) bond motifs is 1. The summed E-state index contributed by atoms with van der Waals surface area (Å²) in [6.45, 7) is 1.02. The lowest BCUT2D eigenvalue weighted by Crippen LogP contribution is -2.36. The average Bonchev–Trinajstić information content (AvgIpc) is 3.49. The molecule has 0 radical (unpaired) electrons. The van der Waals surface area contributed by atoms with Crippen LogP contribution in [0.1, 0.15) is 29.8 Å². The molecule has 1 saturated heterocycles. The Labute approximate surface area is 192 Å². The topological polar surface area (TPSA) is 73.4 Å². The Morgan fingerprint density at radius 1 is 1.03 bits per heavy atom. The zero-order chi connectivity index (χ0) is 23.9. The lowest BCUT2D eigenvalue weighted by Gasteiger charge is -2.25. The Kier molecular flexibility index (Phi) is 5.51. The van der Waals surface area contributed by atoms with Crippen LogP contribution in [0.5, 0.6) is 5.75 Å². The summed E-state index contributed by atoms with van der Waals surface area (Å²) in [5, 5.41) is 3.67. The zero-order valence-corrected chi connectivity index (χ0v) is 18.3. The van der Waals surface area contributed by atoms with Crippen LogP contribution >= 0.6 is 0 Å². The van der Waals surface area contributed by atoms with Crippen LogP contribution in [0.3, 0.4) is 0 Å². The molecule has 0 spiro atoms. The zero-order valence-electron chi connectivity index (χ0n) is 18.3. The first-order chi connectivity index (χ1) is 16.4. The monoisotopic (exact) mass is 470 g/mol. The van der Waals surface area contributed by atoms with Gasteiger partial charge in [0.15, 0.2) is 16.8 Å². The molecular weight excluding hydrogens is 449 g/mol. The maximum absolute atomic E-state index is 14.0. The van der Waals surface area contributed by atoms with Gasteiger partial charge in [0, 0.05) is 24.2 Å². The number of amides is 1. The third-order valence-corrected chi connectivity index (χ3v) is 5.85. The van der Waals surface area contributed by atoms with Gasteiger partial charge < -0.3 is 14.1 Å². The number of nitrogens with zero attached hydrogens (tertiary/aromatic N) is 4. The molecule has 10 heteroatoms. The molecule has 4 aromatic rings. The van der Waals surface area contributed by atoms with Crippen LogP contribution in [0, 0.1) is 0 Å². The van der Waals surface area contributed by atoms with E-state index in [4.69, 9.17) is 9.15 Å². The Morgan fingerprint density at radius 3 is 2.47 bits per heavy atom. The summed E-state index contributed by atoms with van der Waals surface area (Å²) in [7, 11) is 1.50. The number of carbonyl (C=O) groups excluding carboxylic acids is 1. The number of para-hydroxylation sites is 1. The van der Waals surface area contributed by atoms with Gasteiger partial charge in [0.25, 0.3) is 5.91 Å². The summed E-state index contributed by atoms with van der Waals surface area (Å²) < 4.78 is 53.0. The molecule has 7 nitrogen and oxygen atoms in total. The minimum Gasteiger partial charge on any atom is -0.494 e. The van der Waals surface area contributed by atoms with Crippen molar-refractivity contribution in [2.75, 3.05) is 20.2 Å². The Balaban J connectivity index is 1.64. The standard InChI is InChI=1S/C24H21F3N4O3/c1-33-19-10-7-11-20-21(19)28-22(34-20)16-9-4-3-8-15(16)18-14-17(29-31(18)24(25,26)27)23(32)30-12-5-2-6-13-30/h3-4,7-11,14H,2,5-6,12-13H2,1H3. The minimum absolute atomic E-state index is 0.0632. The summed E-state index contributed by atoms with van der Waals surface area (Å²) in [6.07, 6.45) is -2.19. The van der Waals surface area contributed by atoms with E-state index in [1.807, 2.05) is 0 Å². The molecule has 0 saturated carbocycles. The van der Waals surface area contributed by atoms with E-state index < -0.39 is 12.2 Å². The van der Waals surface area contributed by atoms with Crippen molar-refractivity contribution in [1.82, 2.24) is 19.7 Å². The number of benzene rings is 2. The number of halogens is 3. The van der Waals surface area contributed by atoms with Crippen molar-refractivity contribution in [3.05, 3.63) is 54.2 Å². The highest BCUT2D eigenvalue weighted by molar-refractivity contribution is 5.94. The van der Waals surface area contributed by atoms with Crippen LogP contribution in [0.2, 0.25) is 0 Å². The Morgan fingerprint density at radius 2 is 1.76 bits per heavy atom. The maximum Gasteiger partial charge on any atom is 0.505 e. The van der Waals surface area contributed by atoms with Crippen molar-refractivity contribution < 1.29 is 27.1 Å². The summed E-state index contributed by atoms with van der Waals surface area (Å²) in [5.74, 6) is 0.113. The highest BCUT2D eigenvalue weighted by Gasteiger charge is 2.37. The molecule has 0 bridgehead atoms. The number of likely N-dealkylation sites (tertiary alicyclic amines) is 1. The highest BCUT2D eigenvalue weighted by atomic mass is 19.4. The summed E-state index contributed by atoms with van der Waals surface area (Å²) in [4.78, 5) is 18.9. The third-order valence-electron chi connectivity index (χ3n) is 5.85. The van der Waals surface area contributed by atoms with Gasteiger partial charge in [-0.15, -0.1) is 13.2 Å². The molecular formula is C24H21F3N4O3. The molecule has 2 aromatic carbocycles. The molecule has 0 aliphatic carbocycles. The molecule has 1 aliphatic heterocycles. The molecule has 0 atom stereocenters. The van der Waals surface area contributed by atoms with Gasteiger partial charge in [-0.2, -0.15) is 9.78 Å². The smallest absolute Gasteiger partial charge is 0.494 e. The van der Waals surface area contributed by atoms with E-state index in [1.165, 1.54) is 19.2 Å². The van der Waals surface area contributed by atoms with E-state index in [0.717, 1.165) is 19.3 Å². The highest BCUT2D eigenvalue weighted by Crippen LogP contribution is 2.38. The third kappa shape index (κ3) is 3.89. The number of alkyl halides is 3. The lowest BCUT2D eigenvalue weighted by molar-refractivity contribution is -0.211. The van der Waals surface area contributed by atoms with Crippen molar-refractivity contribution >= 4 is 17.0 Å². The molecule has 176 valence electrons. The largest absolute Gasteiger partial charge is 0.505 e. The maximum atomic E-state index is 14.0. The van der Waals surface area contributed by atoms with E-state index >= 15 is 0 Å². The van der Waals surface area contributed by atoms with Gasteiger partial charge in [-0.25, -0.2) is 4.98 Å². The molecule has 0 unspecified atom stereocenters. The molecule has 1 amide bonds. The molecule has 1 aliphatic rings. The average molecular weight is 470 g/mol. The van der Waals surface area contributed by atoms with Crippen molar-refractivity contribution in [3.63, 3.8) is 0 Å². The molecule has 0 N–H and O–H groups in total. The summed E-state index contributed by atoms with van der Waals surface area (Å²) in [5.41, 5.74) is 0.911. The van der Waals surface area contributed by atoms with Crippen LogP contribution < -0.4 is 4.74 Å². The number of aromatic nitrogens is 3. The first-order valence-corrected chi connectivity index (χ1v) is 10.9. The number of rotatable bonds is 4. The van der Waals surface area contributed by atoms with Crippen LogP contribution in [-0.2, 0) is 6.30 Å². The fourth-order valence-electron chi connectivity index (χ4n) is 4.23. The number of methoxy groups -OCH3 is 1. The van der Waals surface area contributed by atoms with Crippen LogP contribution in [0.4, 0.5) is 13.2 Å². The number of carbonyl (C=O) groups is 1. The SMILES string of the molecule is COc1cccc2oc(-c3ccccc3-c3cc(C(=O)N4CCCCC4)nn3C(F)(F)F)nc12. The fourth-order valence-corrected chi connectivity index (χ4v) is 4.23. The summed E-state index contributed by atoms with van der Waals surface area (Å²) in [6, 6.07) is 12.8. The second-order valence-corrected chi connectivity index (χ2v) is 8.02. The number of oxazole rings is 1. The fraction of sp³-hybridized carbons (Fsp3) is 0.292. The van der Waals surface area contributed by atoms with Gasteiger partial charge in [-0.05, 0) is 43.5 Å². The molecule has 5 rings (SSSR count). The number of hydrogen-bond donors (Lipinski definition) is 0. The van der Waals surface area contributed by atoms with Gasteiger partial charge in [0.05, 0.1) is 12.8 Å². The number of piperidine rings is 1. The number of hydrogen-bond acceptors (Lipinski definition) is 5. The van der Waals surface area contributed by atoms with Gasteiger partial charge in [0.2, 0.25) is 5.89 Å². The van der Waals surface area contributed by atoms with Crippen molar-refractivity contribution in [2.24, 2.45) is 0 Å². The Bertz CT molecular complexity index is 1350. The molecule has 1 fully saturated rings. The van der Waals surface area contributed by atoms with Gasteiger partial charge in [-0.3, -0.25) is 4.79 Å². The van der Waals surface area contributed by atoms with Crippen LogP contribution in [0.15, 0.2) is 52.9 Å². The van der Waals surface area contributed by atoms with E-state index in [2.05, 4.69) is 10.1 Å². The number of ether oxygens (including phenoxy) is 1. The first-order valence-electron chi connectivity index (χ1n) is 10.9. The molecule has 34 heavy (non-hydrogen) atoms. The Hall–Kier alpha value is -3.82. The van der Waals surface area contributed by atoms with E-state index in [1.54, 1.807) is 41.3 Å². The van der Waals surface area contributed by atoms with Crippen LogP contribution in [0.25, 0.3) is 33.8 Å². The molecule has 2 aromatic heterocycles. The van der Waals surface area contributed by atoms with Gasteiger partial charge in [-0.1, -0.05) is 24.3 Å². The second-order valence-electron chi connectivity index (χ2n) is 8.02. The minimum atomic E-state index is -4.83. The second kappa shape index (κ2) is 8.51. The van der Waals surface area contributed by atoms with Crippen molar-refractivity contribution in [2.45, 2.75) is 25.6 Å². The predicted molar refractivity (Wildman–Crippen MR) is 118 cm³/mol. The normalized spacial score (nSPS) is 14.5. The van der Waals surface area contributed by atoms with E-state index in [9.17, 15) is 18.0 Å². The van der Waals surface area contributed by atoms with Gasteiger partial charge in [0.1, 0.15) is 5.75 Å².